The molecule has 0 aromatic heterocycles. The van der Waals surface area contributed by atoms with Crippen molar-refractivity contribution in [3.63, 3.8) is 0 Å². The van der Waals surface area contributed by atoms with E-state index in [2.05, 4.69) is 28.6 Å². The number of thioether (sulfide) groups is 1. The van der Waals surface area contributed by atoms with Gasteiger partial charge >= 0.3 is 0 Å². The molecule has 1 aromatic carbocycles. The molecule has 2 heterocycles. The molecule has 104 valence electrons. The van der Waals surface area contributed by atoms with Gasteiger partial charge in [-0.1, -0.05) is 6.07 Å². The van der Waals surface area contributed by atoms with E-state index in [4.69, 9.17) is 0 Å². The number of hydrogen-bond donors (Lipinski definition) is 1. The van der Waals surface area contributed by atoms with Gasteiger partial charge in [-0.25, -0.2) is 0 Å². The lowest BCUT2D eigenvalue weighted by Gasteiger charge is -2.26. The lowest BCUT2D eigenvalue weighted by Crippen LogP contribution is -2.50. The van der Waals surface area contributed by atoms with Gasteiger partial charge in [0.25, 0.3) is 0 Å². The van der Waals surface area contributed by atoms with Gasteiger partial charge in [-0.05, 0) is 24.5 Å². The van der Waals surface area contributed by atoms with E-state index in [0.717, 1.165) is 32.0 Å². The van der Waals surface area contributed by atoms with Gasteiger partial charge in [0.15, 0.2) is 0 Å². The minimum Gasteiger partial charge on any atom is -0.313 e. The Balaban J connectivity index is 0.00000133. The molecule has 0 aliphatic carbocycles. The molecular weight excluding hydrogens is 282 g/mol. The zero-order valence-corrected chi connectivity index (χ0v) is 12.5. The molecular formula is C13H18ClN3OS. The number of anilines is 1. The van der Waals surface area contributed by atoms with E-state index in [1.165, 1.54) is 4.90 Å². The van der Waals surface area contributed by atoms with Crippen LogP contribution >= 0.6 is 24.2 Å². The number of rotatable bonds is 2. The SMILES string of the molecule is CSc1cccc(N2CN3CCNCC3C2=O)c1.Cl. The van der Waals surface area contributed by atoms with Crippen LogP contribution in [0, 0.1) is 0 Å². The van der Waals surface area contributed by atoms with E-state index in [-0.39, 0.29) is 24.4 Å². The summed E-state index contributed by atoms with van der Waals surface area (Å²) < 4.78 is 0. The summed E-state index contributed by atoms with van der Waals surface area (Å²) in [5, 5.41) is 3.29. The molecule has 3 rings (SSSR count). The number of amides is 1. The van der Waals surface area contributed by atoms with Crippen molar-refractivity contribution in [2.24, 2.45) is 0 Å². The van der Waals surface area contributed by atoms with E-state index >= 15 is 0 Å². The average Bonchev–Trinajstić information content (AvgIpc) is 2.77. The second kappa shape index (κ2) is 6.13. The Kier molecular flexibility index (Phi) is 4.73. The number of piperazine rings is 1. The highest BCUT2D eigenvalue weighted by molar-refractivity contribution is 7.98. The van der Waals surface area contributed by atoms with E-state index < -0.39 is 0 Å². The largest absolute Gasteiger partial charge is 0.313 e. The molecule has 4 nitrogen and oxygen atoms in total. The minimum atomic E-state index is 0. The van der Waals surface area contributed by atoms with Gasteiger partial charge in [0, 0.05) is 30.2 Å². The summed E-state index contributed by atoms with van der Waals surface area (Å²) in [5.41, 5.74) is 1.02. The highest BCUT2D eigenvalue weighted by Gasteiger charge is 2.40. The predicted octanol–water partition coefficient (Wildman–Crippen LogP) is 1.41. The Morgan fingerprint density at radius 1 is 1.42 bits per heavy atom. The average molecular weight is 300 g/mol. The molecule has 0 radical (unpaired) electrons. The minimum absolute atomic E-state index is 0. The number of benzene rings is 1. The maximum Gasteiger partial charge on any atom is 0.246 e. The van der Waals surface area contributed by atoms with Crippen molar-refractivity contribution < 1.29 is 4.79 Å². The third kappa shape index (κ3) is 2.74. The van der Waals surface area contributed by atoms with Gasteiger partial charge in [0.1, 0.15) is 6.04 Å². The molecule has 0 spiro atoms. The van der Waals surface area contributed by atoms with E-state index in [0.29, 0.717) is 0 Å². The molecule has 1 atom stereocenters. The number of carbonyl (C=O) groups excluding carboxylic acids is 1. The molecule has 2 fully saturated rings. The number of hydrogen-bond acceptors (Lipinski definition) is 4. The highest BCUT2D eigenvalue weighted by atomic mass is 35.5. The lowest BCUT2D eigenvalue weighted by molar-refractivity contribution is -0.119. The predicted molar refractivity (Wildman–Crippen MR) is 81.2 cm³/mol. The quantitative estimate of drug-likeness (QED) is 0.838. The summed E-state index contributed by atoms with van der Waals surface area (Å²) in [6, 6.07) is 8.22. The first-order valence-electron chi connectivity index (χ1n) is 6.20. The number of fused-ring (bicyclic) bond motifs is 1. The fraction of sp³-hybridized carbons (Fsp3) is 0.462. The second-order valence-corrected chi connectivity index (χ2v) is 5.52. The van der Waals surface area contributed by atoms with Gasteiger partial charge in [0.05, 0.1) is 6.67 Å². The van der Waals surface area contributed by atoms with Gasteiger partial charge in [-0.15, -0.1) is 24.2 Å². The monoisotopic (exact) mass is 299 g/mol. The maximum atomic E-state index is 12.4. The lowest BCUT2D eigenvalue weighted by atomic mass is 10.2. The van der Waals surface area contributed by atoms with Crippen LogP contribution < -0.4 is 10.2 Å². The van der Waals surface area contributed by atoms with Crippen LogP contribution in [0.1, 0.15) is 0 Å². The summed E-state index contributed by atoms with van der Waals surface area (Å²) in [6.45, 7) is 3.43. The van der Waals surface area contributed by atoms with E-state index in [1.54, 1.807) is 11.8 Å². The first-order valence-corrected chi connectivity index (χ1v) is 7.42. The molecule has 6 heteroatoms. The van der Waals surface area contributed by atoms with Crippen molar-refractivity contribution in [3.8, 4) is 0 Å². The van der Waals surface area contributed by atoms with Crippen LogP contribution in [0.5, 0.6) is 0 Å². The molecule has 2 saturated heterocycles. The normalized spacial score (nSPS) is 23.1. The van der Waals surface area contributed by atoms with Crippen LogP contribution in [0.3, 0.4) is 0 Å². The summed E-state index contributed by atoms with van der Waals surface area (Å²) in [6.07, 6.45) is 2.05. The fourth-order valence-corrected chi connectivity index (χ4v) is 3.03. The van der Waals surface area contributed by atoms with Crippen molar-refractivity contribution in [1.82, 2.24) is 10.2 Å². The molecule has 1 amide bonds. The van der Waals surface area contributed by atoms with Crippen molar-refractivity contribution in [2.45, 2.75) is 10.9 Å². The van der Waals surface area contributed by atoms with Crippen molar-refractivity contribution in [1.29, 1.82) is 0 Å². The van der Waals surface area contributed by atoms with Gasteiger partial charge in [-0.3, -0.25) is 14.6 Å². The van der Waals surface area contributed by atoms with Crippen LogP contribution in [-0.4, -0.2) is 49.4 Å². The third-order valence-electron chi connectivity index (χ3n) is 3.59. The van der Waals surface area contributed by atoms with Gasteiger partial charge in [0.2, 0.25) is 5.91 Å². The number of halogens is 1. The molecule has 1 unspecified atom stereocenters. The molecule has 2 aliphatic heterocycles. The van der Waals surface area contributed by atoms with Gasteiger partial charge in [-0.2, -0.15) is 0 Å². The van der Waals surface area contributed by atoms with Crippen LogP contribution in [0.25, 0.3) is 0 Å². The maximum absolute atomic E-state index is 12.4. The fourth-order valence-electron chi connectivity index (χ4n) is 2.58. The standard InChI is InChI=1S/C13H17N3OS.ClH/c1-18-11-4-2-3-10(7-11)16-9-15-6-5-14-8-12(15)13(16)17;/h2-4,7,12,14H,5-6,8-9H2,1H3;1H. The van der Waals surface area contributed by atoms with Crippen molar-refractivity contribution in [2.75, 3.05) is 37.5 Å². The number of nitrogens with zero attached hydrogens (tertiary/aromatic N) is 2. The number of nitrogens with one attached hydrogen (secondary N) is 1. The molecule has 2 aliphatic rings. The zero-order chi connectivity index (χ0) is 12.5. The summed E-state index contributed by atoms with van der Waals surface area (Å²) in [4.78, 5) is 17.7. The Morgan fingerprint density at radius 3 is 3.00 bits per heavy atom. The zero-order valence-electron chi connectivity index (χ0n) is 10.8. The van der Waals surface area contributed by atoms with Crippen LogP contribution in [0.4, 0.5) is 5.69 Å². The summed E-state index contributed by atoms with van der Waals surface area (Å²) in [7, 11) is 0. The topological polar surface area (TPSA) is 35.6 Å². The highest BCUT2D eigenvalue weighted by Crippen LogP contribution is 2.27. The molecule has 19 heavy (non-hydrogen) atoms. The second-order valence-electron chi connectivity index (χ2n) is 4.64. The number of carbonyl (C=O) groups is 1. The Bertz CT molecular complexity index is 471. The third-order valence-corrected chi connectivity index (χ3v) is 4.32. The van der Waals surface area contributed by atoms with Gasteiger partial charge < -0.3 is 5.32 Å². The van der Waals surface area contributed by atoms with Crippen molar-refractivity contribution >= 4 is 35.8 Å². The summed E-state index contributed by atoms with van der Waals surface area (Å²) in [5.74, 6) is 0.223. The van der Waals surface area contributed by atoms with Crippen molar-refractivity contribution in [3.05, 3.63) is 24.3 Å². The molecule has 1 N–H and O–H groups in total. The van der Waals surface area contributed by atoms with Crippen LogP contribution in [0.15, 0.2) is 29.2 Å². The smallest absolute Gasteiger partial charge is 0.246 e. The van der Waals surface area contributed by atoms with E-state index in [1.807, 2.05) is 17.0 Å². The van der Waals surface area contributed by atoms with E-state index in [9.17, 15) is 4.79 Å². The molecule has 0 bridgehead atoms. The Morgan fingerprint density at radius 2 is 2.26 bits per heavy atom. The first-order chi connectivity index (χ1) is 8.79. The summed E-state index contributed by atoms with van der Waals surface area (Å²) >= 11 is 1.70. The molecule has 0 saturated carbocycles. The van der Waals surface area contributed by atoms with Crippen LogP contribution in [-0.2, 0) is 4.79 Å². The molecule has 1 aromatic rings. The Hall–Kier alpha value is -0.750. The Labute approximate surface area is 123 Å². The van der Waals surface area contributed by atoms with Crippen LogP contribution in [0.2, 0.25) is 0 Å². The first kappa shape index (κ1) is 14.7.